The van der Waals surface area contributed by atoms with Crippen LogP contribution in [0.25, 0.3) is 10.9 Å². The van der Waals surface area contributed by atoms with Crippen LogP contribution in [0.2, 0.25) is 0 Å². The van der Waals surface area contributed by atoms with E-state index in [0.717, 1.165) is 29.3 Å². The van der Waals surface area contributed by atoms with Crippen molar-refractivity contribution in [2.24, 2.45) is 17.8 Å². The van der Waals surface area contributed by atoms with Gasteiger partial charge in [0.15, 0.2) is 0 Å². The first-order valence-electron chi connectivity index (χ1n) is 9.98. The van der Waals surface area contributed by atoms with Crippen LogP contribution in [0.3, 0.4) is 0 Å². The molecule has 0 spiro atoms. The summed E-state index contributed by atoms with van der Waals surface area (Å²) in [6, 6.07) is 6.21. The quantitative estimate of drug-likeness (QED) is 0.793. The third kappa shape index (κ3) is 3.38. The van der Waals surface area contributed by atoms with Crippen LogP contribution in [0, 0.1) is 23.6 Å². The van der Waals surface area contributed by atoms with E-state index in [4.69, 9.17) is 0 Å². The van der Waals surface area contributed by atoms with Gasteiger partial charge in [-0.25, -0.2) is 4.39 Å². The molecular formula is C22H25F3N2O. The summed E-state index contributed by atoms with van der Waals surface area (Å²) in [6.45, 7) is 3.37. The van der Waals surface area contributed by atoms with Crippen molar-refractivity contribution in [1.29, 1.82) is 0 Å². The maximum atomic E-state index is 14.6. The molecule has 1 amide bonds. The minimum absolute atomic E-state index is 0.185. The molecule has 1 aromatic heterocycles. The van der Waals surface area contributed by atoms with Gasteiger partial charge < -0.3 is 5.32 Å². The van der Waals surface area contributed by atoms with Gasteiger partial charge in [-0.3, -0.25) is 9.78 Å². The summed E-state index contributed by atoms with van der Waals surface area (Å²) in [7, 11) is 0. The molecule has 0 bridgehead atoms. The molecule has 2 unspecified atom stereocenters. The van der Waals surface area contributed by atoms with Gasteiger partial charge in [-0.2, -0.15) is 8.78 Å². The van der Waals surface area contributed by atoms with E-state index in [1.165, 1.54) is 12.1 Å². The highest BCUT2D eigenvalue weighted by molar-refractivity contribution is 5.84. The Balaban J connectivity index is 1.49. The highest BCUT2D eigenvalue weighted by Crippen LogP contribution is 2.56. The third-order valence-corrected chi connectivity index (χ3v) is 6.43. The van der Waals surface area contributed by atoms with E-state index in [0.29, 0.717) is 12.8 Å². The van der Waals surface area contributed by atoms with Crippen LogP contribution < -0.4 is 5.32 Å². The fourth-order valence-corrected chi connectivity index (χ4v) is 5.21. The molecule has 2 fully saturated rings. The molecule has 1 aromatic carbocycles. The van der Waals surface area contributed by atoms with Gasteiger partial charge in [-0.1, -0.05) is 0 Å². The van der Waals surface area contributed by atoms with Crippen molar-refractivity contribution >= 4 is 16.8 Å². The lowest BCUT2D eigenvalue weighted by Gasteiger charge is -2.25. The van der Waals surface area contributed by atoms with Gasteiger partial charge in [0.2, 0.25) is 0 Å². The molecule has 28 heavy (non-hydrogen) atoms. The zero-order valence-electron chi connectivity index (χ0n) is 16.1. The first-order chi connectivity index (χ1) is 13.3. The average molecular weight is 390 g/mol. The fraction of sp³-hybridized carbons (Fsp3) is 0.545. The number of aromatic nitrogens is 1. The van der Waals surface area contributed by atoms with Crippen LogP contribution in [0.5, 0.6) is 0 Å². The lowest BCUT2D eigenvalue weighted by molar-refractivity contribution is -0.154. The van der Waals surface area contributed by atoms with Crippen LogP contribution in [-0.4, -0.2) is 22.9 Å². The van der Waals surface area contributed by atoms with E-state index in [9.17, 15) is 18.0 Å². The molecule has 0 aliphatic heterocycles. The van der Waals surface area contributed by atoms with Gasteiger partial charge in [-0.15, -0.1) is 0 Å². The minimum Gasteiger partial charge on any atom is -0.349 e. The Morgan fingerprint density at radius 1 is 1.14 bits per heavy atom. The number of halogens is 3. The normalized spacial score (nSPS) is 27.4. The number of nitrogens with one attached hydrogen (secondary N) is 1. The van der Waals surface area contributed by atoms with E-state index in [2.05, 4.69) is 10.3 Å². The van der Waals surface area contributed by atoms with Crippen LogP contribution in [0.15, 0.2) is 30.5 Å². The Morgan fingerprint density at radius 3 is 2.46 bits per heavy atom. The lowest BCUT2D eigenvalue weighted by atomic mass is 9.88. The molecule has 150 valence electrons. The predicted octanol–water partition coefficient (Wildman–Crippen LogP) is 5.05. The van der Waals surface area contributed by atoms with Crippen LogP contribution >= 0.6 is 0 Å². The number of rotatable bonds is 4. The molecule has 0 radical (unpaired) electrons. The first-order valence-corrected chi connectivity index (χ1v) is 9.98. The Labute approximate surface area is 162 Å². The number of amides is 1. The number of hydrogen-bond acceptors (Lipinski definition) is 2. The summed E-state index contributed by atoms with van der Waals surface area (Å²) in [5.41, 5.74) is 1.81. The molecule has 6 heteroatoms. The maximum Gasteiger partial charge on any atom is 0.327 e. The largest absolute Gasteiger partial charge is 0.349 e. The zero-order chi connectivity index (χ0) is 20.1. The number of benzene rings is 1. The summed E-state index contributed by atoms with van der Waals surface area (Å²) >= 11 is 0. The second-order valence-corrected chi connectivity index (χ2v) is 8.67. The molecular weight excluding hydrogens is 365 g/mol. The number of carbonyl (C=O) groups excluding carboxylic acids is 1. The highest BCUT2D eigenvalue weighted by atomic mass is 19.3. The fourth-order valence-electron chi connectivity index (χ4n) is 5.21. The van der Waals surface area contributed by atoms with Gasteiger partial charge in [0, 0.05) is 23.5 Å². The van der Waals surface area contributed by atoms with Crippen molar-refractivity contribution in [3.05, 3.63) is 41.8 Å². The zero-order valence-corrected chi connectivity index (χ0v) is 16.1. The van der Waals surface area contributed by atoms with Gasteiger partial charge in [0.25, 0.3) is 5.91 Å². The Hall–Kier alpha value is -2.11. The van der Waals surface area contributed by atoms with E-state index in [1.807, 2.05) is 6.07 Å². The smallest absolute Gasteiger partial charge is 0.327 e. The number of pyridine rings is 1. The van der Waals surface area contributed by atoms with Gasteiger partial charge in [-0.05, 0) is 87.1 Å². The van der Waals surface area contributed by atoms with Crippen molar-refractivity contribution in [1.82, 2.24) is 10.3 Å². The summed E-state index contributed by atoms with van der Waals surface area (Å²) in [4.78, 5) is 16.2. The van der Waals surface area contributed by atoms with Gasteiger partial charge in [0.05, 0.1) is 5.52 Å². The molecule has 4 rings (SSSR count). The Morgan fingerprint density at radius 2 is 1.82 bits per heavy atom. The molecule has 2 aliphatic rings. The number of carbonyl (C=O) groups is 1. The first kappa shape index (κ1) is 19.2. The summed E-state index contributed by atoms with van der Waals surface area (Å²) in [6.07, 6.45) is 4.09. The van der Waals surface area contributed by atoms with E-state index in [1.54, 1.807) is 26.1 Å². The Kier molecular flexibility index (Phi) is 4.84. The van der Waals surface area contributed by atoms with E-state index >= 15 is 0 Å². The third-order valence-electron chi connectivity index (χ3n) is 6.43. The highest BCUT2D eigenvalue weighted by Gasteiger charge is 2.54. The van der Waals surface area contributed by atoms with Crippen molar-refractivity contribution in [3.63, 3.8) is 0 Å². The van der Waals surface area contributed by atoms with E-state index in [-0.39, 0.29) is 29.6 Å². The SMILES string of the molecule is CC(C)NC(=O)C(F)(F)C1C[C@H]2CC(c3ccnc4ccc(F)cc34)C[C@H]2C1. The van der Waals surface area contributed by atoms with Crippen LogP contribution in [0.1, 0.15) is 51.0 Å². The Bertz CT molecular complexity index is 884. The van der Waals surface area contributed by atoms with Crippen LogP contribution in [-0.2, 0) is 4.79 Å². The molecule has 2 aliphatic carbocycles. The maximum absolute atomic E-state index is 14.6. The van der Waals surface area contributed by atoms with E-state index < -0.39 is 17.7 Å². The number of nitrogens with zero attached hydrogens (tertiary/aromatic N) is 1. The molecule has 3 nitrogen and oxygen atoms in total. The van der Waals surface area contributed by atoms with Crippen molar-refractivity contribution < 1.29 is 18.0 Å². The standard InChI is InChI=1S/C22H25F3N2O/c1-12(2)27-21(28)22(24,25)16-9-13-7-15(8-14(13)10-16)18-5-6-26-20-4-3-17(23)11-19(18)20/h3-6,11-16H,7-10H2,1-2H3,(H,27,28)/t13-,14+,15?,16?. The molecule has 2 saturated carbocycles. The van der Waals surface area contributed by atoms with Crippen LogP contribution in [0.4, 0.5) is 13.2 Å². The second-order valence-electron chi connectivity index (χ2n) is 8.67. The number of alkyl halides is 2. The molecule has 1 N–H and O–H groups in total. The summed E-state index contributed by atoms with van der Waals surface area (Å²) in [5, 5.41) is 3.17. The van der Waals surface area contributed by atoms with Crippen molar-refractivity contribution in [2.45, 2.75) is 57.4 Å². The van der Waals surface area contributed by atoms with Gasteiger partial charge in [0.1, 0.15) is 5.82 Å². The number of fused-ring (bicyclic) bond motifs is 2. The molecule has 2 aromatic rings. The second kappa shape index (κ2) is 7.05. The molecule has 1 heterocycles. The summed E-state index contributed by atoms with van der Waals surface area (Å²) < 4.78 is 42.9. The monoisotopic (exact) mass is 390 g/mol. The lowest BCUT2D eigenvalue weighted by Crippen LogP contribution is -2.47. The average Bonchev–Trinajstić information content (AvgIpc) is 3.20. The topological polar surface area (TPSA) is 42.0 Å². The predicted molar refractivity (Wildman–Crippen MR) is 102 cm³/mol. The van der Waals surface area contributed by atoms with Crippen molar-refractivity contribution in [2.75, 3.05) is 0 Å². The van der Waals surface area contributed by atoms with Crippen molar-refractivity contribution in [3.8, 4) is 0 Å². The summed E-state index contributed by atoms with van der Waals surface area (Å²) in [5.74, 6) is -5.07. The molecule has 4 atom stereocenters. The molecule has 0 saturated heterocycles. The van der Waals surface area contributed by atoms with Gasteiger partial charge >= 0.3 is 5.92 Å². The number of hydrogen-bond donors (Lipinski definition) is 1. The minimum atomic E-state index is -3.32.